The molecule has 1 aromatic rings. The van der Waals surface area contributed by atoms with Crippen LogP contribution in [0.3, 0.4) is 0 Å². The molecule has 7 heteroatoms. The average molecular weight is 249 g/mol. The van der Waals surface area contributed by atoms with E-state index in [1.54, 1.807) is 12.1 Å². The van der Waals surface area contributed by atoms with Gasteiger partial charge >= 0.3 is 5.97 Å². The van der Waals surface area contributed by atoms with Crippen LogP contribution < -0.4 is 16.8 Å². The number of nitrogens with one attached hydrogen (secondary N) is 1. The van der Waals surface area contributed by atoms with E-state index >= 15 is 0 Å². The van der Waals surface area contributed by atoms with Gasteiger partial charge in [0.05, 0.1) is 6.54 Å². The Morgan fingerprint density at radius 2 is 2.06 bits per heavy atom. The van der Waals surface area contributed by atoms with Gasteiger partial charge in [-0.3, -0.25) is 4.79 Å². The SMILES string of the molecule is N/C=N\N=C(/N)c1ccc(CNCC(=O)O)cc1. The second-order valence-electron chi connectivity index (χ2n) is 3.44. The van der Waals surface area contributed by atoms with Crippen molar-refractivity contribution in [1.82, 2.24) is 5.32 Å². The van der Waals surface area contributed by atoms with Crippen LogP contribution in [0, 0.1) is 0 Å². The summed E-state index contributed by atoms with van der Waals surface area (Å²) in [5.41, 5.74) is 12.4. The molecule has 0 bridgehead atoms. The molecule has 0 aliphatic rings. The molecule has 0 saturated carbocycles. The predicted octanol–water partition coefficient (Wildman–Crippen LogP) is -0.532. The lowest BCUT2D eigenvalue weighted by Crippen LogP contribution is -2.21. The topological polar surface area (TPSA) is 126 Å². The van der Waals surface area contributed by atoms with Crippen molar-refractivity contribution in [3.63, 3.8) is 0 Å². The van der Waals surface area contributed by atoms with Gasteiger partial charge in [-0.05, 0) is 5.56 Å². The molecule has 0 atom stereocenters. The molecule has 0 aliphatic heterocycles. The van der Waals surface area contributed by atoms with Gasteiger partial charge in [0.1, 0.15) is 6.34 Å². The van der Waals surface area contributed by atoms with Crippen LogP contribution in [0.2, 0.25) is 0 Å². The highest BCUT2D eigenvalue weighted by atomic mass is 16.4. The largest absolute Gasteiger partial charge is 0.480 e. The Hall–Kier alpha value is -2.41. The first-order valence-corrected chi connectivity index (χ1v) is 5.22. The number of hydrogen-bond acceptors (Lipinski definition) is 4. The maximum absolute atomic E-state index is 10.3. The molecular weight excluding hydrogens is 234 g/mol. The number of rotatable bonds is 6. The summed E-state index contributed by atoms with van der Waals surface area (Å²) in [4.78, 5) is 10.3. The Morgan fingerprint density at radius 1 is 1.39 bits per heavy atom. The molecule has 0 unspecified atom stereocenters. The fourth-order valence-corrected chi connectivity index (χ4v) is 1.26. The maximum atomic E-state index is 10.3. The molecular formula is C11H15N5O2. The van der Waals surface area contributed by atoms with Crippen LogP contribution in [0.25, 0.3) is 0 Å². The van der Waals surface area contributed by atoms with Crippen molar-refractivity contribution >= 4 is 18.1 Å². The first kappa shape index (κ1) is 13.7. The third-order valence-corrected chi connectivity index (χ3v) is 2.09. The number of nitrogens with two attached hydrogens (primary N) is 2. The maximum Gasteiger partial charge on any atom is 0.317 e. The molecule has 0 spiro atoms. The third-order valence-electron chi connectivity index (χ3n) is 2.09. The van der Waals surface area contributed by atoms with E-state index in [0.29, 0.717) is 6.54 Å². The number of nitrogens with zero attached hydrogens (tertiary/aromatic N) is 2. The van der Waals surface area contributed by atoms with Crippen LogP contribution in [0.5, 0.6) is 0 Å². The third kappa shape index (κ3) is 4.62. The molecule has 0 amide bonds. The summed E-state index contributed by atoms with van der Waals surface area (Å²) in [6, 6.07) is 7.22. The molecule has 1 aromatic carbocycles. The zero-order chi connectivity index (χ0) is 13.4. The molecule has 0 fully saturated rings. The number of amidine groups is 1. The van der Waals surface area contributed by atoms with Gasteiger partial charge in [-0.2, -0.15) is 0 Å². The lowest BCUT2D eigenvalue weighted by Gasteiger charge is -2.03. The number of carboxylic acid groups (broad SMARTS) is 1. The van der Waals surface area contributed by atoms with E-state index in [1.807, 2.05) is 12.1 Å². The van der Waals surface area contributed by atoms with E-state index < -0.39 is 5.97 Å². The number of carboxylic acids is 1. The normalized spacial score (nSPS) is 11.9. The second-order valence-corrected chi connectivity index (χ2v) is 3.44. The quantitative estimate of drug-likeness (QED) is 0.306. The van der Waals surface area contributed by atoms with Crippen molar-refractivity contribution in [2.75, 3.05) is 6.54 Å². The van der Waals surface area contributed by atoms with E-state index in [1.165, 1.54) is 0 Å². The minimum Gasteiger partial charge on any atom is -0.480 e. The Balaban J connectivity index is 2.59. The average Bonchev–Trinajstić information content (AvgIpc) is 2.36. The van der Waals surface area contributed by atoms with Crippen LogP contribution in [0.1, 0.15) is 11.1 Å². The molecule has 0 aliphatic carbocycles. The summed E-state index contributed by atoms with van der Waals surface area (Å²) < 4.78 is 0. The summed E-state index contributed by atoms with van der Waals surface area (Å²) in [5, 5.41) is 18.4. The van der Waals surface area contributed by atoms with Crippen LogP contribution in [-0.4, -0.2) is 29.8 Å². The van der Waals surface area contributed by atoms with E-state index in [4.69, 9.17) is 16.6 Å². The Bertz CT molecular complexity index is 453. The highest BCUT2D eigenvalue weighted by Crippen LogP contribution is 2.04. The Morgan fingerprint density at radius 3 is 2.61 bits per heavy atom. The van der Waals surface area contributed by atoms with Crippen molar-refractivity contribution in [2.45, 2.75) is 6.54 Å². The molecule has 96 valence electrons. The minimum absolute atomic E-state index is 0.0729. The van der Waals surface area contributed by atoms with Crippen LogP contribution in [0.15, 0.2) is 34.5 Å². The van der Waals surface area contributed by atoms with Gasteiger partial charge < -0.3 is 21.9 Å². The van der Waals surface area contributed by atoms with Gasteiger partial charge in [0.2, 0.25) is 0 Å². The molecule has 7 nitrogen and oxygen atoms in total. The molecule has 0 aromatic heterocycles. The Kier molecular flexibility index (Phi) is 5.33. The van der Waals surface area contributed by atoms with E-state index in [9.17, 15) is 4.79 Å². The zero-order valence-corrected chi connectivity index (χ0v) is 9.71. The predicted molar refractivity (Wildman–Crippen MR) is 69.2 cm³/mol. The van der Waals surface area contributed by atoms with Crippen molar-refractivity contribution < 1.29 is 9.90 Å². The number of benzene rings is 1. The first-order valence-electron chi connectivity index (χ1n) is 5.22. The van der Waals surface area contributed by atoms with E-state index in [0.717, 1.165) is 17.5 Å². The number of aliphatic carboxylic acids is 1. The monoisotopic (exact) mass is 249 g/mol. The second kappa shape index (κ2) is 7.02. The standard InChI is InChI=1S/C11H15N5O2/c12-7-15-16-11(13)9-3-1-8(2-4-9)5-14-6-10(17)18/h1-4,7,14H,5-6H2,(H2,12,15)(H2,13,16)(H,17,18). The Labute approximate surface area is 104 Å². The highest BCUT2D eigenvalue weighted by Gasteiger charge is 2.00. The van der Waals surface area contributed by atoms with E-state index in [2.05, 4.69) is 15.5 Å². The van der Waals surface area contributed by atoms with Crippen LogP contribution >= 0.6 is 0 Å². The van der Waals surface area contributed by atoms with Crippen LogP contribution in [0.4, 0.5) is 0 Å². The summed E-state index contributed by atoms with van der Waals surface area (Å²) in [6.45, 7) is 0.404. The van der Waals surface area contributed by atoms with Gasteiger partial charge in [-0.25, -0.2) is 0 Å². The fourth-order valence-electron chi connectivity index (χ4n) is 1.26. The minimum atomic E-state index is -0.886. The van der Waals surface area contributed by atoms with Gasteiger partial charge in [0.25, 0.3) is 0 Å². The number of carbonyl (C=O) groups is 1. The van der Waals surface area contributed by atoms with Gasteiger partial charge in [-0.1, -0.05) is 24.3 Å². The van der Waals surface area contributed by atoms with Crippen molar-refractivity contribution in [2.24, 2.45) is 21.7 Å². The van der Waals surface area contributed by atoms with Gasteiger partial charge in [0.15, 0.2) is 5.84 Å². The summed E-state index contributed by atoms with van der Waals surface area (Å²) >= 11 is 0. The number of hydrogen-bond donors (Lipinski definition) is 4. The fraction of sp³-hybridized carbons (Fsp3) is 0.182. The summed E-state index contributed by atoms with van der Waals surface area (Å²) in [6.07, 6.45) is 1.05. The highest BCUT2D eigenvalue weighted by molar-refractivity contribution is 5.97. The van der Waals surface area contributed by atoms with Crippen molar-refractivity contribution in [3.8, 4) is 0 Å². The van der Waals surface area contributed by atoms with E-state index in [-0.39, 0.29) is 12.4 Å². The summed E-state index contributed by atoms with van der Waals surface area (Å²) in [7, 11) is 0. The van der Waals surface area contributed by atoms with Crippen molar-refractivity contribution in [3.05, 3.63) is 35.4 Å². The molecule has 0 saturated heterocycles. The zero-order valence-electron chi connectivity index (χ0n) is 9.71. The van der Waals surface area contributed by atoms with Gasteiger partial charge in [-0.15, -0.1) is 10.2 Å². The molecule has 0 radical (unpaired) electrons. The summed E-state index contributed by atoms with van der Waals surface area (Å²) in [5.74, 6) is -0.621. The van der Waals surface area contributed by atoms with Gasteiger partial charge in [0, 0.05) is 12.1 Å². The lowest BCUT2D eigenvalue weighted by molar-refractivity contribution is -0.135. The molecule has 6 N–H and O–H groups in total. The smallest absolute Gasteiger partial charge is 0.317 e. The molecule has 18 heavy (non-hydrogen) atoms. The van der Waals surface area contributed by atoms with Crippen LogP contribution in [-0.2, 0) is 11.3 Å². The first-order chi connectivity index (χ1) is 8.63. The molecule has 1 rings (SSSR count). The van der Waals surface area contributed by atoms with Crippen molar-refractivity contribution in [1.29, 1.82) is 0 Å². The lowest BCUT2D eigenvalue weighted by atomic mass is 10.1. The molecule has 0 heterocycles.